The van der Waals surface area contributed by atoms with E-state index in [0.717, 1.165) is 56.0 Å². The molecule has 0 N–H and O–H groups in total. The predicted octanol–water partition coefficient (Wildman–Crippen LogP) is 2.57. The number of aryl methyl sites for hydroxylation is 1. The Morgan fingerprint density at radius 1 is 1.20 bits per heavy atom. The lowest BCUT2D eigenvalue weighted by Gasteiger charge is -2.22. The van der Waals surface area contributed by atoms with E-state index in [1.54, 1.807) is 18.3 Å². The van der Waals surface area contributed by atoms with Gasteiger partial charge in [-0.05, 0) is 41.8 Å². The normalized spacial score (nSPS) is 16.0. The van der Waals surface area contributed by atoms with Gasteiger partial charge >= 0.3 is 0 Å². The molecule has 0 atom stereocenters. The first-order valence-electron chi connectivity index (χ1n) is 8.70. The Morgan fingerprint density at radius 2 is 2.04 bits per heavy atom. The summed E-state index contributed by atoms with van der Waals surface area (Å²) in [6.45, 7) is 5.86. The van der Waals surface area contributed by atoms with Crippen LogP contribution in [0, 0.1) is 0 Å². The largest absolute Gasteiger partial charge is 0.353 e. The van der Waals surface area contributed by atoms with E-state index >= 15 is 0 Å². The zero-order chi connectivity index (χ0) is 17.8. The highest BCUT2D eigenvalue weighted by Crippen LogP contribution is 2.14. The Morgan fingerprint density at radius 3 is 2.72 bits per heavy atom. The molecule has 2 aromatic heterocycles. The molecule has 1 fully saturated rings. The summed E-state index contributed by atoms with van der Waals surface area (Å²) >= 11 is 1.63. The van der Waals surface area contributed by atoms with Gasteiger partial charge < -0.3 is 9.47 Å². The molecular formula is C19H25N3O2S. The second-order valence-corrected chi connectivity index (χ2v) is 7.49. The smallest absolute Gasteiger partial charge is 0.227 e. The van der Waals surface area contributed by atoms with Crippen LogP contribution in [0.3, 0.4) is 0 Å². The lowest BCUT2D eigenvalue weighted by molar-refractivity contribution is -0.130. The molecule has 0 aromatic carbocycles. The number of amides is 1. The first kappa shape index (κ1) is 17.9. The standard InChI is InChI=1S/C19H25N3O2S/c1-15(23)17-11-18(20(2)12-17)13-21-5-3-6-22(8-7-21)19(24)10-16-4-9-25-14-16/h4,9,11-12,14H,3,5-8,10,13H2,1-2H3. The molecule has 1 amide bonds. The van der Waals surface area contributed by atoms with Crippen LogP contribution in [0.5, 0.6) is 0 Å². The van der Waals surface area contributed by atoms with Crippen LogP contribution in [0.1, 0.15) is 35.0 Å². The maximum absolute atomic E-state index is 12.5. The number of ketones is 1. The monoisotopic (exact) mass is 359 g/mol. The molecule has 0 unspecified atom stereocenters. The average molecular weight is 359 g/mol. The maximum atomic E-state index is 12.5. The van der Waals surface area contributed by atoms with Crippen molar-refractivity contribution in [3.8, 4) is 0 Å². The predicted molar refractivity (Wildman–Crippen MR) is 99.9 cm³/mol. The summed E-state index contributed by atoms with van der Waals surface area (Å²) in [5, 5.41) is 4.06. The van der Waals surface area contributed by atoms with Crippen LogP contribution >= 0.6 is 11.3 Å². The fourth-order valence-electron chi connectivity index (χ4n) is 3.25. The zero-order valence-corrected chi connectivity index (χ0v) is 15.7. The summed E-state index contributed by atoms with van der Waals surface area (Å²) in [6, 6.07) is 4.00. The molecule has 2 aromatic rings. The molecule has 1 saturated heterocycles. The van der Waals surface area contributed by atoms with E-state index in [1.807, 2.05) is 45.6 Å². The number of rotatable bonds is 5. The van der Waals surface area contributed by atoms with Gasteiger partial charge in [0, 0.05) is 57.2 Å². The number of aromatic nitrogens is 1. The molecule has 1 aliphatic rings. The molecular weight excluding hydrogens is 334 g/mol. The minimum atomic E-state index is 0.0999. The van der Waals surface area contributed by atoms with Gasteiger partial charge in [0.2, 0.25) is 5.91 Å². The van der Waals surface area contributed by atoms with E-state index in [4.69, 9.17) is 0 Å². The summed E-state index contributed by atoms with van der Waals surface area (Å²) < 4.78 is 2.03. The van der Waals surface area contributed by atoms with Gasteiger partial charge in [-0.1, -0.05) is 0 Å². The van der Waals surface area contributed by atoms with Crippen LogP contribution in [0.4, 0.5) is 0 Å². The van der Waals surface area contributed by atoms with Gasteiger partial charge in [0.25, 0.3) is 0 Å². The molecule has 1 aliphatic heterocycles. The molecule has 0 bridgehead atoms. The molecule has 3 rings (SSSR count). The Kier molecular flexibility index (Phi) is 5.71. The van der Waals surface area contributed by atoms with E-state index in [0.29, 0.717) is 6.42 Å². The molecule has 5 nitrogen and oxygen atoms in total. The van der Waals surface area contributed by atoms with Gasteiger partial charge in [-0.25, -0.2) is 0 Å². The van der Waals surface area contributed by atoms with Crippen LogP contribution in [0.2, 0.25) is 0 Å². The van der Waals surface area contributed by atoms with Gasteiger partial charge in [-0.3, -0.25) is 14.5 Å². The van der Waals surface area contributed by atoms with Crippen molar-refractivity contribution < 1.29 is 9.59 Å². The topological polar surface area (TPSA) is 45.6 Å². The number of Topliss-reactive ketones (excluding diaryl/α,β-unsaturated/α-hetero) is 1. The third kappa shape index (κ3) is 4.58. The number of nitrogens with zero attached hydrogens (tertiary/aromatic N) is 3. The Hall–Kier alpha value is -1.92. The fourth-order valence-corrected chi connectivity index (χ4v) is 3.92. The van der Waals surface area contributed by atoms with Crippen molar-refractivity contribution in [1.82, 2.24) is 14.4 Å². The summed E-state index contributed by atoms with van der Waals surface area (Å²) in [5.74, 6) is 0.320. The Bertz CT molecular complexity index is 736. The highest BCUT2D eigenvalue weighted by atomic mass is 32.1. The summed E-state index contributed by atoms with van der Waals surface area (Å²) in [4.78, 5) is 28.4. The lowest BCUT2D eigenvalue weighted by Crippen LogP contribution is -2.36. The Labute approximate surface area is 152 Å². The number of thiophene rings is 1. The van der Waals surface area contributed by atoms with E-state index in [1.165, 1.54) is 0 Å². The van der Waals surface area contributed by atoms with Crippen LogP contribution in [0.15, 0.2) is 29.1 Å². The molecule has 3 heterocycles. The highest BCUT2D eigenvalue weighted by Gasteiger charge is 2.20. The first-order chi connectivity index (χ1) is 12.0. The quantitative estimate of drug-likeness (QED) is 0.771. The molecule has 25 heavy (non-hydrogen) atoms. The molecule has 6 heteroatoms. The minimum absolute atomic E-state index is 0.0999. The third-order valence-corrected chi connectivity index (χ3v) is 5.51. The fraction of sp³-hybridized carbons (Fsp3) is 0.474. The minimum Gasteiger partial charge on any atom is -0.353 e. The number of hydrogen-bond donors (Lipinski definition) is 0. The van der Waals surface area contributed by atoms with Crippen molar-refractivity contribution in [3.05, 3.63) is 45.9 Å². The zero-order valence-electron chi connectivity index (χ0n) is 14.9. The van der Waals surface area contributed by atoms with E-state index in [9.17, 15) is 9.59 Å². The van der Waals surface area contributed by atoms with Crippen molar-refractivity contribution >= 4 is 23.0 Å². The van der Waals surface area contributed by atoms with Crippen molar-refractivity contribution in [3.63, 3.8) is 0 Å². The van der Waals surface area contributed by atoms with Crippen molar-refractivity contribution in [2.45, 2.75) is 26.3 Å². The van der Waals surface area contributed by atoms with E-state index < -0.39 is 0 Å². The van der Waals surface area contributed by atoms with Crippen LogP contribution in [-0.4, -0.2) is 52.2 Å². The van der Waals surface area contributed by atoms with Crippen molar-refractivity contribution in [2.75, 3.05) is 26.2 Å². The molecule has 0 aliphatic carbocycles. The molecule has 0 radical (unpaired) electrons. The molecule has 0 saturated carbocycles. The second-order valence-electron chi connectivity index (χ2n) is 6.71. The summed E-state index contributed by atoms with van der Waals surface area (Å²) in [5.41, 5.74) is 3.01. The summed E-state index contributed by atoms with van der Waals surface area (Å²) in [7, 11) is 1.98. The summed E-state index contributed by atoms with van der Waals surface area (Å²) in [6.07, 6.45) is 3.38. The van der Waals surface area contributed by atoms with Gasteiger partial charge in [0.1, 0.15) is 0 Å². The van der Waals surface area contributed by atoms with E-state index in [2.05, 4.69) is 4.90 Å². The lowest BCUT2D eigenvalue weighted by atomic mass is 10.2. The SMILES string of the molecule is CC(=O)c1cc(CN2CCCN(C(=O)Cc3ccsc3)CC2)n(C)c1. The van der Waals surface area contributed by atoms with Gasteiger partial charge in [-0.2, -0.15) is 11.3 Å². The van der Waals surface area contributed by atoms with E-state index in [-0.39, 0.29) is 11.7 Å². The van der Waals surface area contributed by atoms with Crippen LogP contribution in [-0.2, 0) is 24.8 Å². The maximum Gasteiger partial charge on any atom is 0.227 e. The van der Waals surface area contributed by atoms with Crippen molar-refractivity contribution in [1.29, 1.82) is 0 Å². The number of hydrogen-bond acceptors (Lipinski definition) is 4. The second kappa shape index (κ2) is 7.97. The van der Waals surface area contributed by atoms with Crippen molar-refractivity contribution in [2.24, 2.45) is 7.05 Å². The molecule has 134 valence electrons. The van der Waals surface area contributed by atoms with Crippen LogP contribution in [0.25, 0.3) is 0 Å². The highest BCUT2D eigenvalue weighted by molar-refractivity contribution is 7.08. The van der Waals surface area contributed by atoms with Gasteiger partial charge in [0.05, 0.1) is 6.42 Å². The number of carbonyl (C=O) groups excluding carboxylic acids is 2. The first-order valence-corrected chi connectivity index (χ1v) is 9.64. The third-order valence-electron chi connectivity index (χ3n) is 4.78. The van der Waals surface area contributed by atoms with Gasteiger partial charge in [0.15, 0.2) is 5.78 Å². The number of carbonyl (C=O) groups is 2. The van der Waals surface area contributed by atoms with Crippen LogP contribution < -0.4 is 0 Å². The molecule has 0 spiro atoms. The average Bonchev–Trinajstić information content (AvgIpc) is 3.13. The Balaban J connectivity index is 1.56. The van der Waals surface area contributed by atoms with Gasteiger partial charge in [-0.15, -0.1) is 0 Å².